The van der Waals surface area contributed by atoms with E-state index < -0.39 is 35.2 Å². The van der Waals surface area contributed by atoms with Crippen LogP contribution >= 0.6 is 0 Å². The van der Waals surface area contributed by atoms with E-state index in [0.717, 1.165) is 17.7 Å². The summed E-state index contributed by atoms with van der Waals surface area (Å²) >= 11 is 0. The van der Waals surface area contributed by atoms with E-state index in [-0.39, 0.29) is 30.2 Å². The number of rotatable bonds is 6. The minimum atomic E-state index is -1.50. The Morgan fingerprint density at radius 1 is 0.933 bits per heavy atom. The summed E-state index contributed by atoms with van der Waals surface area (Å²) in [5.41, 5.74) is 2.54. The van der Waals surface area contributed by atoms with E-state index in [1.54, 1.807) is 35.2 Å². The molecule has 0 unspecified atom stereocenters. The monoisotopic (exact) mass is 605 g/mol. The fourth-order valence-electron chi connectivity index (χ4n) is 7.78. The zero-order valence-electron chi connectivity index (χ0n) is 25.4. The second-order valence-corrected chi connectivity index (χ2v) is 12.8. The van der Waals surface area contributed by atoms with E-state index in [1.807, 2.05) is 56.3 Å². The number of benzene rings is 3. The van der Waals surface area contributed by atoms with Gasteiger partial charge >= 0.3 is 0 Å². The predicted octanol–water partition coefficient (Wildman–Crippen LogP) is 3.60. The van der Waals surface area contributed by atoms with Crippen LogP contribution in [0.1, 0.15) is 38.3 Å². The van der Waals surface area contributed by atoms with E-state index in [4.69, 9.17) is 0 Å². The maximum Gasteiger partial charge on any atom is 0.253 e. The Labute approximate surface area is 261 Å². The van der Waals surface area contributed by atoms with Gasteiger partial charge in [-0.05, 0) is 60.7 Å². The Kier molecular flexibility index (Phi) is 6.85. The number of anilines is 4. The third kappa shape index (κ3) is 4.38. The SMILES string of the molecule is CC(=O)Nc1ccc(N2C(=O)[C@H]3[C@H](CC(C)C)N[C@]4(C(=O)N(CC(=O)N5CCc6ccccc65)c5ccccc54)[C@@H]3C2=O)cc1. The molecule has 10 heteroatoms. The molecule has 4 aliphatic heterocycles. The molecule has 5 amide bonds. The molecule has 1 spiro atoms. The van der Waals surface area contributed by atoms with E-state index >= 15 is 0 Å². The molecule has 2 saturated heterocycles. The van der Waals surface area contributed by atoms with Crippen LogP contribution in [0.2, 0.25) is 0 Å². The van der Waals surface area contributed by atoms with E-state index in [2.05, 4.69) is 10.6 Å². The van der Waals surface area contributed by atoms with E-state index in [1.165, 1.54) is 16.7 Å². The second kappa shape index (κ2) is 10.7. The maximum absolute atomic E-state index is 14.8. The standard InChI is InChI=1S/C35H35N5O5/c1-20(2)18-26-30-31(33(44)40(32(30)43)24-14-12-23(13-15-24)36-21(3)41)35(37-26)25-9-5-7-11-28(25)39(34(35)45)19-29(42)38-17-16-22-8-4-6-10-27(22)38/h4-15,20,26,30-31,37H,16-19H2,1-3H3,(H,36,41)/t26-,30-,31-,35-/m0/s1. The molecule has 10 nitrogen and oxygen atoms in total. The van der Waals surface area contributed by atoms with Gasteiger partial charge in [-0.25, -0.2) is 4.90 Å². The molecular formula is C35H35N5O5. The molecule has 4 aliphatic rings. The Morgan fingerprint density at radius 2 is 1.62 bits per heavy atom. The molecular weight excluding hydrogens is 570 g/mol. The van der Waals surface area contributed by atoms with Gasteiger partial charge in [-0.3, -0.25) is 29.3 Å². The zero-order chi connectivity index (χ0) is 31.6. The van der Waals surface area contributed by atoms with Crippen molar-refractivity contribution in [2.75, 3.05) is 33.1 Å². The van der Waals surface area contributed by atoms with Gasteiger partial charge in [-0.15, -0.1) is 0 Å². The van der Waals surface area contributed by atoms with Gasteiger partial charge in [0, 0.05) is 42.1 Å². The summed E-state index contributed by atoms with van der Waals surface area (Å²) in [5.74, 6) is -3.23. The van der Waals surface area contributed by atoms with Crippen molar-refractivity contribution in [1.29, 1.82) is 0 Å². The Morgan fingerprint density at radius 3 is 2.33 bits per heavy atom. The van der Waals surface area contributed by atoms with E-state index in [9.17, 15) is 24.0 Å². The first-order valence-electron chi connectivity index (χ1n) is 15.4. The first-order valence-corrected chi connectivity index (χ1v) is 15.4. The topological polar surface area (TPSA) is 119 Å². The molecule has 4 atom stereocenters. The summed E-state index contributed by atoms with van der Waals surface area (Å²) in [5, 5.41) is 6.22. The lowest BCUT2D eigenvalue weighted by molar-refractivity contribution is -0.132. The number of carbonyl (C=O) groups excluding carboxylic acids is 5. The summed E-state index contributed by atoms with van der Waals surface area (Å²) < 4.78 is 0. The highest BCUT2D eigenvalue weighted by atomic mass is 16.2. The number of imide groups is 1. The van der Waals surface area contributed by atoms with Gasteiger partial charge in [-0.1, -0.05) is 50.2 Å². The number of para-hydroxylation sites is 2. The molecule has 2 fully saturated rings. The number of carbonyl (C=O) groups is 5. The lowest BCUT2D eigenvalue weighted by Crippen LogP contribution is -2.56. The van der Waals surface area contributed by atoms with Crippen LogP contribution < -0.4 is 25.3 Å². The summed E-state index contributed by atoms with van der Waals surface area (Å²) in [6, 6.07) is 21.1. The second-order valence-electron chi connectivity index (χ2n) is 12.8. The molecule has 230 valence electrons. The molecule has 3 aromatic carbocycles. The molecule has 7 rings (SSSR count). The van der Waals surface area contributed by atoms with Crippen LogP contribution in [0.3, 0.4) is 0 Å². The lowest BCUT2D eigenvalue weighted by atomic mass is 9.76. The molecule has 2 N–H and O–H groups in total. The van der Waals surface area contributed by atoms with Crippen molar-refractivity contribution in [3.05, 3.63) is 83.9 Å². The third-order valence-electron chi connectivity index (χ3n) is 9.52. The van der Waals surface area contributed by atoms with Crippen LogP contribution in [0, 0.1) is 17.8 Å². The summed E-state index contributed by atoms with van der Waals surface area (Å²) in [7, 11) is 0. The molecule has 4 heterocycles. The molecule has 0 saturated carbocycles. The van der Waals surface area contributed by atoms with Crippen LogP contribution in [-0.4, -0.2) is 48.7 Å². The number of fused-ring (bicyclic) bond motifs is 5. The summed E-state index contributed by atoms with van der Waals surface area (Å²) in [4.78, 5) is 73.1. The van der Waals surface area contributed by atoms with Crippen LogP contribution in [0.25, 0.3) is 0 Å². The van der Waals surface area contributed by atoms with E-state index in [0.29, 0.717) is 35.6 Å². The molecule has 3 aromatic rings. The molecule has 0 aromatic heterocycles. The highest BCUT2D eigenvalue weighted by Crippen LogP contribution is 2.56. The number of hydrogen-bond acceptors (Lipinski definition) is 6. The minimum Gasteiger partial charge on any atom is -0.326 e. The van der Waals surface area contributed by atoms with Gasteiger partial charge in [0.15, 0.2) is 0 Å². The largest absolute Gasteiger partial charge is 0.326 e. The van der Waals surface area contributed by atoms with Crippen LogP contribution in [0.4, 0.5) is 22.7 Å². The normalized spacial score (nSPS) is 24.9. The van der Waals surface area contributed by atoms with Crippen molar-refractivity contribution in [2.24, 2.45) is 17.8 Å². The van der Waals surface area contributed by atoms with Gasteiger partial charge in [0.2, 0.25) is 23.6 Å². The zero-order valence-corrected chi connectivity index (χ0v) is 25.4. The lowest BCUT2D eigenvalue weighted by Gasteiger charge is -2.31. The van der Waals surface area contributed by atoms with Crippen molar-refractivity contribution in [3.63, 3.8) is 0 Å². The van der Waals surface area contributed by atoms with Crippen molar-refractivity contribution >= 4 is 52.3 Å². The molecule has 0 radical (unpaired) electrons. The average Bonchev–Trinajstić information content (AvgIpc) is 3.72. The van der Waals surface area contributed by atoms with Crippen molar-refractivity contribution < 1.29 is 24.0 Å². The first-order chi connectivity index (χ1) is 21.6. The molecule has 0 aliphatic carbocycles. The van der Waals surface area contributed by atoms with Gasteiger partial charge in [0.25, 0.3) is 5.91 Å². The highest BCUT2D eigenvalue weighted by molar-refractivity contribution is 6.26. The number of nitrogens with zero attached hydrogens (tertiary/aromatic N) is 3. The van der Waals surface area contributed by atoms with Crippen LogP contribution in [0.15, 0.2) is 72.8 Å². The minimum absolute atomic E-state index is 0.184. The van der Waals surface area contributed by atoms with Gasteiger partial charge in [-0.2, -0.15) is 0 Å². The number of amides is 5. The number of hydrogen-bond donors (Lipinski definition) is 2. The van der Waals surface area contributed by atoms with Gasteiger partial charge in [0.05, 0.1) is 17.5 Å². The van der Waals surface area contributed by atoms with Crippen LogP contribution in [-0.2, 0) is 35.9 Å². The first kappa shape index (κ1) is 28.9. The van der Waals surface area contributed by atoms with Crippen LogP contribution in [0.5, 0.6) is 0 Å². The van der Waals surface area contributed by atoms with Gasteiger partial charge in [0.1, 0.15) is 12.1 Å². The Balaban J connectivity index is 1.27. The van der Waals surface area contributed by atoms with Crippen molar-refractivity contribution in [2.45, 2.75) is 45.2 Å². The fraction of sp³-hybridized carbons (Fsp3) is 0.343. The smallest absolute Gasteiger partial charge is 0.253 e. The van der Waals surface area contributed by atoms with Crippen molar-refractivity contribution in [1.82, 2.24) is 5.32 Å². The number of nitrogens with one attached hydrogen (secondary N) is 2. The predicted molar refractivity (Wildman–Crippen MR) is 170 cm³/mol. The van der Waals surface area contributed by atoms with Crippen molar-refractivity contribution in [3.8, 4) is 0 Å². The van der Waals surface area contributed by atoms with Gasteiger partial charge < -0.3 is 15.1 Å². The molecule has 0 bridgehead atoms. The Bertz CT molecular complexity index is 1750. The Hall–Kier alpha value is -4.83. The fourth-order valence-corrected chi connectivity index (χ4v) is 7.78. The average molecular weight is 606 g/mol. The third-order valence-corrected chi connectivity index (χ3v) is 9.52. The summed E-state index contributed by atoms with van der Waals surface area (Å²) in [6.07, 6.45) is 1.33. The summed E-state index contributed by atoms with van der Waals surface area (Å²) in [6.45, 7) is 5.85. The highest BCUT2D eigenvalue weighted by Gasteiger charge is 2.71. The quantitative estimate of drug-likeness (QED) is 0.415. The maximum atomic E-state index is 14.8. The molecule has 45 heavy (non-hydrogen) atoms.